The van der Waals surface area contributed by atoms with Crippen molar-refractivity contribution >= 4 is 0 Å². The Labute approximate surface area is 95.0 Å². The van der Waals surface area contributed by atoms with Gasteiger partial charge < -0.3 is 20.6 Å². The number of aryl methyl sites for hydroxylation is 1. The molecule has 88 valence electrons. The van der Waals surface area contributed by atoms with Crippen LogP contribution in [0.4, 0.5) is 0 Å². The molecule has 1 rings (SSSR count). The van der Waals surface area contributed by atoms with E-state index in [0.717, 1.165) is 5.56 Å². The van der Waals surface area contributed by atoms with E-state index in [-0.39, 0.29) is 6.61 Å². The fourth-order valence-electron chi connectivity index (χ4n) is 1.21. The molecule has 0 fully saturated rings. The van der Waals surface area contributed by atoms with Gasteiger partial charge in [-0.25, -0.2) is 0 Å². The molecule has 5 nitrogen and oxygen atoms in total. The van der Waals surface area contributed by atoms with Gasteiger partial charge in [-0.2, -0.15) is 0 Å². The van der Waals surface area contributed by atoms with Gasteiger partial charge in [0.1, 0.15) is 6.61 Å². The molecule has 1 aromatic rings. The average molecular weight is 223 g/mol. The van der Waals surface area contributed by atoms with Crippen LogP contribution in [-0.2, 0) is 0 Å². The second kappa shape index (κ2) is 5.87. The standard InChI is InChI=1S/C11H17N3O2/c1-8-3-4-10(15-2)11(5-8)16-7-9(12)6-14-13/h3-6,14H,7,12-13H2,1-2H3/b9-6-. The summed E-state index contributed by atoms with van der Waals surface area (Å²) >= 11 is 0. The molecule has 0 spiro atoms. The van der Waals surface area contributed by atoms with Crippen LogP contribution in [0.5, 0.6) is 11.5 Å². The van der Waals surface area contributed by atoms with Crippen LogP contribution in [0.3, 0.4) is 0 Å². The Morgan fingerprint density at radius 2 is 2.19 bits per heavy atom. The maximum Gasteiger partial charge on any atom is 0.162 e. The molecule has 5 N–H and O–H groups in total. The number of hydrogen-bond donors (Lipinski definition) is 3. The van der Waals surface area contributed by atoms with E-state index in [1.807, 2.05) is 25.1 Å². The SMILES string of the molecule is COc1ccc(C)cc1OC/C(N)=C/NN. The van der Waals surface area contributed by atoms with Crippen molar-refractivity contribution in [2.24, 2.45) is 11.6 Å². The third-order valence-electron chi connectivity index (χ3n) is 1.98. The van der Waals surface area contributed by atoms with Gasteiger partial charge in [0.15, 0.2) is 11.5 Å². The zero-order chi connectivity index (χ0) is 12.0. The zero-order valence-electron chi connectivity index (χ0n) is 9.49. The van der Waals surface area contributed by atoms with Crippen LogP contribution in [0.2, 0.25) is 0 Å². The predicted octanol–water partition coefficient (Wildman–Crippen LogP) is 0.646. The van der Waals surface area contributed by atoms with Crippen molar-refractivity contribution in [3.8, 4) is 11.5 Å². The lowest BCUT2D eigenvalue weighted by Gasteiger charge is -2.11. The highest BCUT2D eigenvalue weighted by Crippen LogP contribution is 2.27. The molecular weight excluding hydrogens is 206 g/mol. The van der Waals surface area contributed by atoms with Crippen LogP contribution in [0.1, 0.15) is 5.56 Å². The van der Waals surface area contributed by atoms with Gasteiger partial charge in [0.05, 0.1) is 12.8 Å². The average Bonchev–Trinajstić information content (AvgIpc) is 2.27. The van der Waals surface area contributed by atoms with E-state index in [2.05, 4.69) is 5.43 Å². The van der Waals surface area contributed by atoms with Gasteiger partial charge in [0.25, 0.3) is 0 Å². The minimum atomic E-state index is 0.254. The van der Waals surface area contributed by atoms with Crippen LogP contribution in [0.25, 0.3) is 0 Å². The molecule has 0 aromatic heterocycles. The first-order valence-corrected chi connectivity index (χ1v) is 4.85. The Morgan fingerprint density at radius 3 is 2.81 bits per heavy atom. The lowest BCUT2D eigenvalue weighted by molar-refractivity contribution is 0.317. The van der Waals surface area contributed by atoms with Crippen molar-refractivity contribution in [2.45, 2.75) is 6.92 Å². The number of rotatable bonds is 5. The van der Waals surface area contributed by atoms with Crippen molar-refractivity contribution in [3.05, 3.63) is 35.7 Å². The first-order valence-electron chi connectivity index (χ1n) is 4.85. The Balaban J connectivity index is 2.72. The van der Waals surface area contributed by atoms with E-state index >= 15 is 0 Å². The second-order valence-corrected chi connectivity index (χ2v) is 3.33. The number of ether oxygens (including phenoxy) is 2. The number of methoxy groups -OCH3 is 1. The first-order chi connectivity index (χ1) is 7.67. The maximum atomic E-state index is 5.61. The molecule has 0 amide bonds. The number of benzene rings is 1. The molecule has 0 saturated heterocycles. The van der Waals surface area contributed by atoms with Gasteiger partial charge >= 0.3 is 0 Å². The molecule has 0 aliphatic rings. The van der Waals surface area contributed by atoms with Gasteiger partial charge in [-0.3, -0.25) is 5.84 Å². The summed E-state index contributed by atoms with van der Waals surface area (Å²) in [6.45, 7) is 2.23. The van der Waals surface area contributed by atoms with E-state index in [4.69, 9.17) is 21.1 Å². The summed E-state index contributed by atoms with van der Waals surface area (Å²) in [5.41, 5.74) is 9.56. The van der Waals surface area contributed by atoms with Gasteiger partial charge in [0, 0.05) is 6.20 Å². The van der Waals surface area contributed by atoms with Crippen molar-refractivity contribution in [1.29, 1.82) is 0 Å². The highest BCUT2D eigenvalue weighted by atomic mass is 16.5. The van der Waals surface area contributed by atoms with Crippen LogP contribution in [-0.4, -0.2) is 13.7 Å². The van der Waals surface area contributed by atoms with E-state index in [0.29, 0.717) is 17.2 Å². The summed E-state index contributed by atoms with van der Waals surface area (Å²) in [5, 5.41) is 0. The van der Waals surface area contributed by atoms with Crippen molar-refractivity contribution in [1.82, 2.24) is 5.43 Å². The molecule has 0 aliphatic heterocycles. The summed E-state index contributed by atoms with van der Waals surface area (Å²) in [7, 11) is 1.60. The molecule has 0 bridgehead atoms. The molecule has 0 aliphatic carbocycles. The molecule has 0 atom stereocenters. The van der Waals surface area contributed by atoms with Gasteiger partial charge in [-0.15, -0.1) is 0 Å². The summed E-state index contributed by atoms with van der Waals surface area (Å²) in [6.07, 6.45) is 1.47. The maximum absolute atomic E-state index is 5.61. The Bertz CT molecular complexity index is 377. The minimum absolute atomic E-state index is 0.254. The number of hydrazine groups is 1. The van der Waals surface area contributed by atoms with E-state index < -0.39 is 0 Å². The van der Waals surface area contributed by atoms with Gasteiger partial charge in [-0.05, 0) is 24.6 Å². The van der Waals surface area contributed by atoms with E-state index in [1.54, 1.807) is 7.11 Å². The smallest absolute Gasteiger partial charge is 0.162 e. The Morgan fingerprint density at radius 1 is 1.44 bits per heavy atom. The molecule has 0 heterocycles. The monoisotopic (exact) mass is 223 g/mol. The third kappa shape index (κ3) is 3.36. The van der Waals surface area contributed by atoms with Gasteiger partial charge in [-0.1, -0.05) is 6.07 Å². The third-order valence-corrected chi connectivity index (χ3v) is 1.98. The molecule has 5 heteroatoms. The number of nitrogens with one attached hydrogen (secondary N) is 1. The molecule has 0 unspecified atom stereocenters. The Kier molecular flexibility index (Phi) is 4.47. The highest BCUT2D eigenvalue weighted by Gasteiger charge is 2.04. The molecule has 16 heavy (non-hydrogen) atoms. The minimum Gasteiger partial charge on any atom is -0.493 e. The van der Waals surface area contributed by atoms with Crippen molar-refractivity contribution < 1.29 is 9.47 Å². The lowest BCUT2D eigenvalue weighted by atomic mass is 10.2. The fraction of sp³-hybridized carbons (Fsp3) is 0.273. The fourth-order valence-corrected chi connectivity index (χ4v) is 1.21. The predicted molar refractivity (Wildman–Crippen MR) is 62.8 cm³/mol. The van der Waals surface area contributed by atoms with Crippen LogP contribution in [0, 0.1) is 6.92 Å². The van der Waals surface area contributed by atoms with Crippen molar-refractivity contribution in [3.63, 3.8) is 0 Å². The Hall–Kier alpha value is -1.88. The lowest BCUT2D eigenvalue weighted by Crippen LogP contribution is -2.19. The largest absolute Gasteiger partial charge is 0.493 e. The van der Waals surface area contributed by atoms with E-state index in [9.17, 15) is 0 Å². The van der Waals surface area contributed by atoms with Gasteiger partial charge in [0.2, 0.25) is 0 Å². The molecule has 1 aromatic carbocycles. The van der Waals surface area contributed by atoms with Crippen LogP contribution in [0.15, 0.2) is 30.1 Å². The van der Waals surface area contributed by atoms with Crippen molar-refractivity contribution in [2.75, 3.05) is 13.7 Å². The number of nitrogens with two attached hydrogens (primary N) is 2. The summed E-state index contributed by atoms with van der Waals surface area (Å²) in [6, 6.07) is 5.69. The molecule has 0 saturated carbocycles. The summed E-state index contributed by atoms with van der Waals surface area (Å²) < 4.78 is 10.7. The molecular formula is C11H17N3O2. The summed E-state index contributed by atoms with van der Waals surface area (Å²) in [5.74, 6) is 6.43. The highest BCUT2D eigenvalue weighted by molar-refractivity contribution is 5.42. The van der Waals surface area contributed by atoms with Crippen LogP contribution < -0.4 is 26.5 Å². The second-order valence-electron chi connectivity index (χ2n) is 3.33. The number of hydrogen-bond acceptors (Lipinski definition) is 5. The summed E-state index contributed by atoms with van der Waals surface area (Å²) in [4.78, 5) is 0. The zero-order valence-corrected chi connectivity index (χ0v) is 9.49. The quantitative estimate of drug-likeness (QED) is 0.504. The molecule has 0 radical (unpaired) electrons. The normalized spacial score (nSPS) is 11.1. The topological polar surface area (TPSA) is 82.5 Å². The van der Waals surface area contributed by atoms with E-state index in [1.165, 1.54) is 6.20 Å². The first kappa shape index (κ1) is 12.2. The van der Waals surface area contributed by atoms with Crippen LogP contribution >= 0.6 is 0 Å².